The molecular weight excluding hydrogens is 158 g/mol. The van der Waals surface area contributed by atoms with Crippen molar-refractivity contribution in [2.45, 2.75) is 53.4 Å². The van der Waals surface area contributed by atoms with Gasteiger partial charge in [-0.25, -0.2) is 0 Å². The lowest BCUT2D eigenvalue weighted by Crippen LogP contribution is -2.25. The van der Waals surface area contributed by atoms with Crippen LogP contribution in [0.3, 0.4) is 0 Å². The van der Waals surface area contributed by atoms with Crippen molar-refractivity contribution in [2.24, 2.45) is 11.8 Å². The molecule has 0 spiro atoms. The number of hydrogen-bond acceptors (Lipinski definition) is 1. The molecule has 13 heavy (non-hydrogen) atoms. The fourth-order valence-electron chi connectivity index (χ4n) is 1.24. The van der Waals surface area contributed by atoms with E-state index < -0.39 is 0 Å². The standard InChI is InChI=1S/C12H27N/c1-5-6-7-8-9-13-10-12(4)11(2)3/h11-13H,5-10H2,1-4H3. The van der Waals surface area contributed by atoms with Crippen LogP contribution < -0.4 is 5.32 Å². The number of hydrogen-bond donors (Lipinski definition) is 1. The van der Waals surface area contributed by atoms with E-state index in [1.165, 1.54) is 38.8 Å². The van der Waals surface area contributed by atoms with Gasteiger partial charge in [0.25, 0.3) is 0 Å². The molecule has 0 aromatic heterocycles. The van der Waals surface area contributed by atoms with Crippen LogP contribution in [0, 0.1) is 11.8 Å². The van der Waals surface area contributed by atoms with Gasteiger partial charge in [-0.05, 0) is 31.3 Å². The van der Waals surface area contributed by atoms with E-state index in [0.717, 1.165) is 11.8 Å². The Bertz CT molecular complexity index is 99.3. The molecule has 0 saturated carbocycles. The quantitative estimate of drug-likeness (QED) is 0.571. The molecule has 1 N–H and O–H groups in total. The maximum atomic E-state index is 3.53. The maximum absolute atomic E-state index is 3.53. The molecule has 1 nitrogen and oxygen atoms in total. The molecule has 1 unspecified atom stereocenters. The Balaban J connectivity index is 3.07. The molecule has 0 aromatic rings. The summed E-state index contributed by atoms with van der Waals surface area (Å²) < 4.78 is 0. The van der Waals surface area contributed by atoms with E-state index in [1.54, 1.807) is 0 Å². The van der Waals surface area contributed by atoms with E-state index in [0.29, 0.717) is 0 Å². The van der Waals surface area contributed by atoms with Gasteiger partial charge in [0.05, 0.1) is 0 Å². The van der Waals surface area contributed by atoms with Gasteiger partial charge in [0, 0.05) is 0 Å². The summed E-state index contributed by atoms with van der Waals surface area (Å²) in [5.74, 6) is 1.62. The zero-order valence-electron chi connectivity index (χ0n) is 9.90. The number of nitrogens with one attached hydrogen (secondary N) is 1. The Morgan fingerprint density at radius 2 is 1.69 bits per heavy atom. The summed E-state index contributed by atoms with van der Waals surface area (Å²) in [5.41, 5.74) is 0. The average molecular weight is 185 g/mol. The first kappa shape index (κ1) is 13.0. The molecule has 0 aromatic carbocycles. The lowest BCUT2D eigenvalue weighted by molar-refractivity contribution is 0.391. The number of unbranched alkanes of at least 4 members (excludes halogenated alkanes) is 3. The SMILES string of the molecule is CCCCCCNCC(C)C(C)C. The van der Waals surface area contributed by atoms with Crippen LogP contribution in [0.5, 0.6) is 0 Å². The van der Waals surface area contributed by atoms with Gasteiger partial charge >= 0.3 is 0 Å². The summed E-state index contributed by atoms with van der Waals surface area (Å²) in [6.07, 6.45) is 5.46. The van der Waals surface area contributed by atoms with Gasteiger partial charge in [-0.3, -0.25) is 0 Å². The summed E-state index contributed by atoms with van der Waals surface area (Å²) in [4.78, 5) is 0. The van der Waals surface area contributed by atoms with Crippen molar-refractivity contribution in [1.82, 2.24) is 5.32 Å². The molecule has 0 radical (unpaired) electrons. The van der Waals surface area contributed by atoms with E-state index in [-0.39, 0.29) is 0 Å². The van der Waals surface area contributed by atoms with Gasteiger partial charge in [-0.1, -0.05) is 47.0 Å². The molecule has 0 aliphatic heterocycles. The van der Waals surface area contributed by atoms with Crippen molar-refractivity contribution in [3.05, 3.63) is 0 Å². The van der Waals surface area contributed by atoms with E-state index in [4.69, 9.17) is 0 Å². The molecule has 1 atom stereocenters. The maximum Gasteiger partial charge on any atom is -0.00207 e. The van der Waals surface area contributed by atoms with Crippen LogP contribution in [0.1, 0.15) is 53.4 Å². The van der Waals surface area contributed by atoms with Crippen molar-refractivity contribution in [2.75, 3.05) is 13.1 Å². The summed E-state index contributed by atoms with van der Waals surface area (Å²) in [6.45, 7) is 11.6. The minimum absolute atomic E-state index is 0.808. The third-order valence-electron chi connectivity index (χ3n) is 2.81. The van der Waals surface area contributed by atoms with Crippen LogP contribution in [0.15, 0.2) is 0 Å². The van der Waals surface area contributed by atoms with Crippen molar-refractivity contribution < 1.29 is 0 Å². The predicted molar refractivity (Wildman–Crippen MR) is 61.0 cm³/mol. The zero-order chi connectivity index (χ0) is 10.1. The first-order valence-electron chi connectivity index (χ1n) is 5.89. The fraction of sp³-hybridized carbons (Fsp3) is 1.00. The lowest BCUT2D eigenvalue weighted by Gasteiger charge is -2.15. The second-order valence-corrected chi connectivity index (χ2v) is 4.49. The molecule has 0 fully saturated rings. The zero-order valence-corrected chi connectivity index (χ0v) is 9.90. The van der Waals surface area contributed by atoms with Crippen LogP contribution in [0.25, 0.3) is 0 Å². The molecule has 0 heterocycles. The van der Waals surface area contributed by atoms with Gasteiger partial charge in [-0.2, -0.15) is 0 Å². The van der Waals surface area contributed by atoms with Crippen LogP contribution in [-0.2, 0) is 0 Å². The van der Waals surface area contributed by atoms with Crippen LogP contribution >= 0.6 is 0 Å². The van der Waals surface area contributed by atoms with E-state index >= 15 is 0 Å². The molecule has 80 valence electrons. The molecule has 0 aliphatic carbocycles. The van der Waals surface area contributed by atoms with E-state index in [9.17, 15) is 0 Å². The molecule has 0 bridgehead atoms. The highest BCUT2D eigenvalue weighted by Gasteiger charge is 2.04. The Hall–Kier alpha value is -0.0400. The molecule has 1 heteroatoms. The van der Waals surface area contributed by atoms with Gasteiger partial charge in [0.1, 0.15) is 0 Å². The third kappa shape index (κ3) is 8.29. The van der Waals surface area contributed by atoms with Crippen LogP contribution in [0.2, 0.25) is 0 Å². The molecular formula is C12H27N. The average Bonchev–Trinajstić information content (AvgIpc) is 2.10. The van der Waals surface area contributed by atoms with Gasteiger partial charge in [-0.15, -0.1) is 0 Å². The van der Waals surface area contributed by atoms with Crippen molar-refractivity contribution in [3.8, 4) is 0 Å². The van der Waals surface area contributed by atoms with Crippen LogP contribution in [-0.4, -0.2) is 13.1 Å². The second kappa shape index (κ2) is 8.55. The van der Waals surface area contributed by atoms with Gasteiger partial charge < -0.3 is 5.32 Å². The summed E-state index contributed by atoms with van der Waals surface area (Å²) >= 11 is 0. The Labute approximate surface area is 84.3 Å². The lowest BCUT2D eigenvalue weighted by atomic mass is 9.98. The minimum atomic E-state index is 0.808. The highest BCUT2D eigenvalue weighted by atomic mass is 14.8. The van der Waals surface area contributed by atoms with E-state index in [1.807, 2.05) is 0 Å². The second-order valence-electron chi connectivity index (χ2n) is 4.49. The first-order chi connectivity index (χ1) is 6.18. The molecule has 0 rings (SSSR count). The summed E-state index contributed by atoms with van der Waals surface area (Å²) in [5, 5.41) is 3.53. The predicted octanol–water partition coefficient (Wildman–Crippen LogP) is 3.45. The highest BCUT2D eigenvalue weighted by molar-refractivity contribution is 4.60. The Morgan fingerprint density at radius 3 is 2.23 bits per heavy atom. The molecule has 0 saturated heterocycles. The van der Waals surface area contributed by atoms with Crippen LogP contribution in [0.4, 0.5) is 0 Å². The molecule has 0 aliphatic rings. The van der Waals surface area contributed by atoms with Crippen molar-refractivity contribution in [1.29, 1.82) is 0 Å². The first-order valence-corrected chi connectivity index (χ1v) is 5.89. The highest BCUT2D eigenvalue weighted by Crippen LogP contribution is 2.07. The fourth-order valence-corrected chi connectivity index (χ4v) is 1.24. The van der Waals surface area contributed by atoms with Crippen molar-refractivity contribution in [3.63, 3.8) is 0 Å². The topological polar surface area (TPSA) is 12.0 Å². The Morgan fingerprint density at radius 1 is 1.00 bits per heavy atom. The van der Waals surface area contributed by atoms with Crippen molar-refractivity contribution >= 4 is 0 Å². The van der Waals surface area contributed by atoms with Gasteiger partial charge in [0.2, 0.25) is 0 Å². The smallest absolute Gasteiger partial charge is 0.00207 e. The molecule has 0 amide bonds. The van der Waals surface area contributed by atoms with Gasteiger partial charge in [0.15, 0.2) is 0 Å². The van der Waals surface area contributed by atoms with E-state index in [2.05, 4.69) is 33.0 Å². The minimum Gasteiger partial charge on any atom is -0.316 e. The number of rotatable bonds is 8. The largest absolute Gasteiger partial charge is 0.316 e. The third-order valence-corrected chi connectivity index (χ3v) is 2.81. The summed E-state index contributed by atoms with van der Waals surface area (Å²) in [6, 6.07) is 0. The monoisotopic (exact) mass is 185 g/mol. The summed E-state index contributed by atoms with van der Waals surface area (Å²) in [7, 11) is 0. The normalized spacial score (nSPS) is 13.6. The Kier molecular flexibility index (Phi) is 8.53.